The number of amides is 2. The summed E-state index contributed by atoms with van der Waals surface area (Å²) in [6, 6.07) is 0. The average Bonchev–Trinajstić information content (AvgIpc) is 2.53. The second-order valence-corrected chi connectivity index (χ2v) is 3.55. The fraction of sp³-hybridized carbons (Fsp3) is 0.500. The SMILES string of the molecule is CC(=O)NCCNC(=O)c1c(C)n[nH]c1C. The highest BCUT2D eigenvalue weighted by Gasteiger charge is 2.14. The third-order valence-corrected chi connectivity index (χ3v) is 2.14. The number of hydrogen-bond acceptors (Lipinski definition) is 3. The molecule has 0 fully saturated rings. The predicted octanol–water partition coefficient (Wildman–Crippen LogP) is -0.108. The molecule has 0 aromatic carbocycles. The Bertz CT molecular complexity index is 378. The highest BCUT2D eigenvalue weighted by molar-refractivity contribution is 5.96. The zero-order chi connectivity index (χ0) is 12.1. The number of aromatic nitrogens is 2. The van der Waals surface area contributed by atoms with Gasteiger partial charge in [-0.15, -0.1) is 0 Å². The molecule has 0 saturated heterocycles. The second kappa shape index (κ2) is 5.29. The molecule has 0 bridgehead atoms. The maximum absolute atomic E-state index is 11.7. The molecule has 16 heavy (non-hydrogen) atoms. The van der Waals surface area contributed by atoms with Crippen LogP contribution in [0.5, 0.6) is 0 Å². The first kappa shape index (κ1) is 12.2. The van der Waals surface area contributed by atoms with E-state index in [-0.39, 0.29) is 11.8 Å². The first-order valence-corrected chi connectivity index (χ1v) is 5.06. The Balaban J connectivity index is 2.44. The minimum Gasteiger partial charge on any atom is -0.355 e. The molecule has 0 aliphatic carbocycles. The molecular formula is C10H16N4O2. The number of carbonyl (C=O) groups is 2. The van der Waals surface area contributed by atoms with Crippen LogP contribution in [-0.2, 0) is 4.79 Å². The molecule has 0 radical (unpaired) electrons. The summed E-state index contributed by atoms with van der Waals surface area (Å²) in [5.74, 6) is -0.279. The van der Waals surface area contributed by atoms with E-state index in [0.717, 1.165) is 5.69 Å². The van der Waals surface area contributed by atoms with Gasteiger partial charge in [0, 0.05) is 25.7 Å². The van der Waals surface area contributed by atoms with Crippen LogP contribution in [0, 0.1) is 13.8 Å². The van der Waals surface area contributed by atoms with Crippen molar-refractivity contribution >= 4 is 11.8 Å². The van der Waals surface area contributed by atoms with Gasteiger partial charge in [-0.1, -0.05) is 0 Å². The quantitative estimate of drug-likeness (QED) is 0.624. The van der Waals surface area contributed by atoms with Gasteiger partial charge >= 0.3 is 0 Å². The van der Waals surface area contributed by atoms with Gasteiger partial charge in [0.25, 0.3) is 5.91 Å². The van der Waals surface area contributed by atoms with Crippen molar-refractivity contribution in [2.75, 3.05) is 13.1 Å². The van der Waals surface area contributed by atoms with E-state index in [2.05, 4.69) is 20.8 Å². The van der Waals surface area contributed by atoms with Gasteiger partial charge < -0.3 is 10.6 Å². The summed E-state index contributed by atoms with van der Waals surface area (Å²) in [5.41, 5.74) is 1.99. The van der Waals surface area contributed by atoms with E-state index in [0.29, 0.717) is 24.3 Å². The lowest BCUT2D eigenvalue weighted by Crippen LogP contribution is -2.34. The van der Waals surface area contributed by atoms with Gasteiger partial charge in [0.2, 0.25) is 5.91 Å². The van der Waals surface area contributed by atoms with Crippen LogP contribution in [-0.4, -0.2) is 35.1 Å². The molecule has 0 atom stereocenters. The molecule has 3 N–H and O–H groups in total. The Morgan fingerprint density at radius 3 is 2.38 bits per heavy atom. The lowest BCUT2D eigenvalue weighted by molar-refractivity contribution is -0.118. The predicted molar refractivity (Wildman–Crippen MR) is 59.1 cm³/mol. The molecule has 0 spiro atoms. The Hall–Kier alpha value is -1.85. The van der Waals surface area contributed by atoms with Crippen LogP contribution >= 0.6 is 0 Å². The van der Waals surface area contributed by atoms with Crippen molar-refractivity contribution in [3.63, 3.8) is 0 Å². The molecule has 6 nitrogen and oxygen atoms in total. The van der Waals surface area contributed by atoms with Crippen molar-refractivity contribution in [3.8, 4) is 0 Å². The van der Waals surface area contributed by atoms with E-state index in [1.165, 1.54) is 6.92 Å². The standard InChI is InChI=1S/C10H16N4O2/c1-6-9(7(2)14-13-6)10(16)12-5-4-11-8(3)15/h4-5H2,1-3H3,(H,11,15)(H,12,16)(H,13,14). The number of aryl methyl sites for hydroxylation is 2. The molecule has 0 aliphatic rings. The molecule has 1 heterocycles. The van der Waals surface area contributed by atoms with Crippen molar-refractivity contribution in [3.05, 3.63) is 17.0 Å². The maximum atomic E-state index is 11.7. The normalized spacial score (nSPS) is 9.94. The van der Waals surface area contributed by atoms with Gasteiger partial charge in [-0.25, -0.2) is 0 Å². The Labute approximate surface area is 93.8 Å². The largest absolute Gasteiger partial charge is 0.355 e. The van der Waals surface area contributed by atoms with Gasteiger partial charge in [0.05, 0.1) is 11.3 Å². The summed E-state index contributed by atoms with van der Waals surface area (Å²) in [6.07, 6.45) is 0. The molecule has 6 heteroatoms. The van der Waals surface area contributed by atoms with Crippen LogP contribution < -0.4 is 10.6 Å². The summed E-state index contributed by atoms with van der Waals surface area (Å²) in [7, 11) is 0. The average molecular weight is 224 g/mol. The van der Waals surface area contributed by atoms with Crippen LogP contribution in [0.4, 0.5) is 0 Å². The van der Waals surface area contributed by atoms with Gasteiger partial charge in [-0.2, -0.15) is 5.10 Å². The molecule has 88 valence electrons. The third-order valence-electron chi connectivity index (χ3n) is 2.14. The zero-order valence-corrected chi connectivity index (χ0v) is 9.68. The van der Waals surface area contributed by atoms with Crippen molar-refractivity contribution in [2.45, 2.75) is 20.8 Å². The van der Waals surface area contributed by atoms with E-state index < -0.39 is 0 Å². The molecular weight excluding hydrogens is 208 g/mol. The number of H-pyrrole nitrogens is 1. The minimum absolute atomic E-state index is 0.107. The first-order valence-electron chi connectivity index (χ1n) is 5.06. The topological polar surface area (TPSA) is 86.9 Å². The van der Waals surface area contributed by atoms with E-state index in [1.807, 2.05) is 0 Å². The molecule has 1 aromatic heterocycles. The Morgan fingerprint density at radius 2 is 1.88 bits per heavy atom. The van der Waals surface area contributed by atoms with Crippen molar-refractivity contribution in [1.29, 1.82) is 0 Å². The zero-order valence-electron chi connectivity index (χ0n) is 9.68. The van der Waals surface area contributed by atoms with Crippen molar-refractivity contribution in [2.24, 2.45) is 0 Å². The van der Waals surface area contributed by atoms with E-state index in [4.69, 9.17) is 0 Å². The van der Waals surface area contributed by atoms with Crippen LogP contribution in [0.25, 0.3) is 0 Å². The smallest absolute Gasteiger partial charge is 0.255 e. The second-order valence-electron chi connectivity index (χ2n) is 3.55. The van der Waals surface area contributed by atoms with Gasteiger partial charge in [-0.05, 0) is 13.8 Å². The number of carbonyl (C=O) groups excluding carboxylic acids is 2. The van der Waals surface area contributed by atoms with Crippen LogP contribution in [0.2, 0.25) is 0 Å². The molecule has 2 amide bonds. The third kappa shape index (κ3) is 3.08. The molecule has 1 rings (SSSR count). The first-order chi connectivity index (χ1) is 7.52. The van der Waals surface area contributed by atoms with Crippen LogP contribution in [0.1, 0.15) is 28.7 Å². The lowest BCUT2D eigenvalue weighted by atomic mass is 10.2. The summed E-state index contributed by atoms with van der Waals surface area (Å²) in [6.45, 7) is 5.83. The van der Waals surface area contributed by atoms with Crippen molar-refractivity contribution in [1.82, 2.24) is 20.8 Å². The maximum Gasteiger partial charge on any atom is 0.255 e. The van der Waals surface area contributed by atoms with Crippen molar-refractivity contribution < 1.29 is 9.59 Å². The molecule has 0 unspecified atom stereocenters. The fourth-order valence-corrected chi connectivity index (χ4v) is 1.39. The summed E-state index contributed by atoms with van der Waals surface area (Å²) in [4.78, 5) is 22.3. The Morgan fingerprint density at radius 1 is 1.25 bits per heavy atom. The van der Waals surface area contributed by atoms with E-state index in [9.17, 15) is 9.59 Å². The van der Waals surface area contributed by atoms with E-state index >= 15 is 0 Å². The number of aromatic amines is 1. The summed E-state index contributed by atoms with van der Waals surface area (Å²) < 4.78 is 0. The molecule has 0 aliphatic heterocycles. The molecule has 0 saturated carbocycles. The highest BCUT2D eigenvalue weighted by Crippen LogP contribution is 2.08. The number of nitrogens with zero attached hydrogens (tertiary/aromatic N) is 1. The van der Waals surface area contributed by atoms with E-state index in [1.54, 1.807) is 13.8 Å². The van der Waals surface area contributed by atoms with Gasteiger partial charge in [0.1, 0.15) is 0 Å². The van der Waals surface area contributed by atoms with Crippen LogP contribution in [0.15, 0.2) is 0 Å². The summed E-state index contributed by atoms with van der Waals surface area (Å²) >= 11 is 0. The number of rotatable bonds is 4. The Kier molecular flexibility index (Phi) is 4.04. The minimum atomic E-state index is -0.172. The highest BCUT2D eigenvalue weighted by atomic mass is 16.2. The number of hydrogen-bond donors (Lipinski definition) is 3. The monoisotopic (exact) mass is 224 g/mol. The summed E-state index contributed by atoms with van der Waals surface area (Å²) in [5, 5.41) is 12.0. The lowest BCUT2D eigenvalue weighted by Gasteiger charge is -2.05. The van der Waals surface area contributed by atoms with Gasteiger partial charge in [0.15, 0.2) is 0 Å². The number of nitrogens with one attached hydrogen (secondary N) is 3. The van der Waals surface area contributed by atoms with Crippen LogP contribution in [0.3, 0.4) is 0 Å². The van der Waals surface area contributed by atoms with Gasteiger partial charge in [-0.3, -0.25) is 14.7 Å². The fourth-order valence-electron chi connectivity index (χ4n) is 1.39. The molecule has 1 aromatic rings.